The number of H-pyrrole nitrogens is 1. The van der Waals surface area contributed by atoms with E-state index < -0.39 is 5.97 Å². The Morgan fingerprint density at radius 1 is 1.08 bits per heavy atom. The Morgan fingerprint density at radius 3 is 2.54 bits per heavy atom. The quantitative estimate of drug-likeness (QED) is 0.773. The fourth-order valence-corrected chi connectivity index (χ4v) is 3.21. The highest BCUT2D eigenvalue weighted by molar-refractivity contribution is 6.00. The van der Waals surface area contributed by atoms with E-state index in [1.165, 1.54) is 37.2 Å². The number of aromatic carboxylic acids is 1. The normalized spacial score (nSPS) is 14.9. The lowest BCUT2D eigenvalue weighted by Crippen LogP contribution is -2.29. The first-order valence-corrected chi connectivity index (χ1v) is 8.16. The van der Waals surface area contributed by atoms with Gasteiger partial charge in [-0.2, -0.15) is 0 Å². The third-order valence-electron chi connectivity index (χ3n) is 4.48. The lowest BCUT2D eigenvalue weighted by Gasteiger charge is -2.28. The summed E-state index contributed by atoms with van der Waals surface area (Å²) < 4.78 is 0. The van der Waals surface area contributed by atoms with Crippen LogP contribution in [0.15, 0.2) is 36.5 Å². The Morgan fingerprint density at radius 2 is 1.83 bits per heavy atom. The van der Waals surface area contributed by atoms with Gasteiger partial charge in [0, 0.05) is 30.5 Å². The first kappa shape index (κ1) is 14.7. The average Bonchev–Trinajstić information content (AvgIpc) is 3.06. The number of aromatic amines is 1. The average molecular weight is 322 g/mol. The van der Waals surface area contributed by atoms with E-state index in [9.17, 15) is 9.90 Å². The largest absolute Gasteiger partial charge is 0.478 e. The van der Waals surface area contributed by atoms with Gasteiger partial charge in [-0.3, -0.25) is 0 Å². The van der Waals surface area contributed by atoms with Crippen LogP contribution in [0.4, 0.5) is 5.69 Å². The van der Waals surface area contributed by atoms with Crippen LogP contribution in [0.3, 0.4) is 0 Å². The van der Waals surface area contributed by atoms with Crippen molar-refractivity contribution in [3.63, 3.8) is 0 Å². The van der Waals surface area contributed by atoms with Crippen LogP contribution in [0.2, 0.25) is 0 Å². The van der Waals surface area contributed by atoms with Crippen molar-refractivity contribution in [2.75, 3.05) is 18.0 Å². The molecule has 0 unspecified atom stereocenters. The topological polar surface area (TPSA) is 82.1 Å². The molecule has 1 aliphatic heterocycles. The predicted molar refractivity (Wildman–Crippen MR) is 92.3 cm³/mol. The number of carboxylic acid groups (broad SMARTS) is 1. The molecule has 1 aromatic carbocycles. The second-order valence-corrected chi connectivity index (χ2v) is 6.04. The minimum atomic E-state index is -0.988. The van der Waals surface area contributed by atoms with E-state index in [4.69, 9.17) is 0 Å². The fourth-order valence-electron chi connectivity index (χ4n) is 3.21. The molecule has 0 aliphatic carbocycles. The maximum atomic E-state index is 11.3. The van der Waals surface area contributed by atoms with Gasteiger partial charge in [0.1, 0.15) is 5.82 Å². The number of piperidine rings is 1. The number of anilines is 1. The zero-order valence-corrected chi connectivity index (χ0v) is 13.2. The Balaban J connectivity index is 1.67. The van der Waals surface area contributed by atoms with Gasteiger partial charge in [0.2, 0.25) is 0 Å². The van der Waals surface area contributed by atoms with Crippen molar-refractivity contribution in [2.24, 2.45) is 0 Å². The molecule has 6 heteroatoms. The Hall–Kier alpha value is -2.89. The summed E-state index contributed by atoms with van der Waals surface area (Å²) in [5.41, 5.74) is 3.21. The van der Waals surface area contributed by atoms with Crippen molar-refractivity contribution in [1.29, 1.82) is 0 Å². The van der Waals surface area contributed by atoms with Gasteiger partial charge in [-0.1, -0.05) is 0 Å². The molecule has 6 nitrogen and oxygen atoms in total. The number of hydrogen-bond acceptors (Lipinski definition) is 4. The molecule has 0 radical (unpaired) electrons. The molecule has 3 heterocycles. The van der Waals surface area contributed by atoms with Crippen molar-refractivity contribution in [3.8, 4) is 11.4 Å². The third-order valence-corrected chi connectivity index (χ3v) is 4.48. The molecular weight excluding hydrogens is 304 g/mol. The number of carbonyl (C=O) groups is 1. The highest BCUT2D eigenvalue weighted by atomic mass is 16.4. The third kappa shape index (κ3) is 2.60. The molecular formula is C18H18N4O2. The second kappa shape index (κ2) is 5.96. The first-order valence-electron chi connectivity index (χ1n) is 8.16. The van der Waals surface area contributed by atoms with Crippen molar-refractivity contribution in [2.45, 2.75) is 19.3 Å². The standard InChI is InChI=1S/C18H18N4O2/c23-18(24)14-8-9-19-17-15(14)20-16(21-17)12-4-6-13(7-5-12)22-10-2-1-3-11-22/h4-9H,1-3,10-11H2,(H,23,24)(H,19,20,21). The summed E-state index contributed by atoms with van der Waals surface area (Å²) in [6, 6.07) is 9.70. The summed E-state index contributed by atoms with van der Waals surface area (Å²) >= 11 is 0. The van der Waals surface area contributed by atoms with Gasteiger partial charge in [0.15, 0.2) is 5.65 Å². The van der Waals surface area contributed by atoms with Gasteiger partial charge < -0.3 is 15.0 Å². The van der Waals surface area contributed by atoms with Crippen LogP contribution in [-0.4, -0.2) is 39.1 Å². The molecule has 0 bridgehead atoms. The van der Waals surface area contributed by atoms with Gasteiger partial charge >= 0.3 is 5.97 Å². The first-order chi connectivity index (χ1) is 11.7. The predicted octanol–water partition coefficient (Wildman–Crippen LogP) is 3.31. The molecule has 4 rings (SSSR count). The summed E-state index contributed by atoms with van der Waals surface area (Å²) in [5, 5.41) is 9.26. The van der Waals surface area contributed by atoms with E-state index in [2.05, 4.69) is 32.0 Å². The van der Waals surface area contributed by atoms with Crippen molar-refractivity contribution >= 4 is 22.8 Å². The maximum Gasteiger partial charge on any atom is 0.338 e. The van der Waals surface area contributed by atoms with Crippen LogP contribution in [0, 0.1) is 0 Å². The molecule has 24 heavy (non-hydrogen) atoms. The van der Waals surface area contributed by atoms with E-state index >= 15 is 0 Å². The maximum absolute atomic E-state index is 11.3. The summed E-state index contributed by atoms with van der Waals surface area (Å²) in [6.07, 6.45) is 5.27. The molecule has 0 spiro atoms. The number of pyridine rings is 1. The van der Waals surface area contributed by atoms with Crippen molar-refractivity contribution in [3.05, 3.63) is 42.1 Å². The number of rotatable bonds is 3. The highest BCUT2D eigenvalue weighted by Gasteiger charge is 2.15. The molecule has 1 fully saturated rings. The van der Waals surface area contributed by atoms with E-state index in [1.807, 2.05) is 12.1 Å². The molecule has 122 valence electrons. The van der Waals surface area contributed by atoms with Gasteiger partial charge in [0.25, 0.3) is 0 Å². The SMILES string of the molecule is O=C(O)c1ccnc2nc(-c3ccc(N4CCCCC4)cc3)[nH]c12. The second-order valence-electron chi connectivity index (χ2n) is 6.04. The lowest BCUT2D eigenvalue weighted by molar-refractivity contribution is 0.0698. The lowest BCUT2D eigenvalue weighted by atomic mass is 10.1. The van der Waals surface area contributed by atoms with Gasteiger partial charge in [-0.25, -0.2) is 14.8 Å². The zero-order valence-electron chi connectivity index (χ0n) is 13.2. The molecule has 0 atom stereocenters. The summed E-state index contributed by atoms with van der Waals surface area (Å²) in [7, 11) is 0. The minimum absolute atomic E-state index is 0.184. The van der Waals surface area contributed by atoms with Gasteiger partial charge in [0.05, 0.1) is 11.1 Å². The molecule has 0 amide bonds. The van der Waals surface area contributed by atoms with Crippen LogP contribution in [0.25, 0.3) is 22.6 Å². The van der Waals surface area contributed by atoms with Crippen LogP contribution in [-0.2, 0) is 0 Å². The number of aromatic nitrogens is 3. The van der Waals surface area contributed by atoms with Gasteiger partial charge in [-0.05, 0) is 49.6 Å². The number of nitrogens with zero attached hydrogens (tertiary/aromatic N) is 3. The number of carboxylic acids is 1. The van der Waals surface area contributed by atoms with Crippen LogP contribution >= 0.6 is 0 Å². The highest BCUT2D eigenvalue weighted by Crippen LogP contribution is 2.25. The number of nitrogens with one attached hydrogen (secondary N) is 1. The van der Waals surface area contributed by atoms with Crippen molar-refractivity contribution in [1.82, 2.24) is 15.0 Å². The molecule has 0 saturated carbocycles. The van der Waals surface area contributed by atoms with Crippen LogP contribution in [0.5, 0.6) is 0 Å². The van der Waals surface area contributed by atoms with Crippen LogP contribution < -0.4 is 4.90 Å². The van der Waals surface area contributed by atoms with E-state index in [-0.39, 0.29) is 5.56 Å². The van der Waals surface area contributed by atoms with E-state index in [1.54, 1.807) is 0 Å². The summed E-state index contributed by atoms with van der Waals surface area (Å²) in [6.45, 7) is 2.21. The van der Waals surface area contributed by atoms with Gasteiger partial charge in [-0.15, -0.1) is 0 Å². The number of fused-ring (bicyclic) bond motifs is 1. The van der Waals surface area contributed by atoms with Crippen molar-refractivity contribution < 1.29 is 9.90 Å². The smallest absolute Gasteiger partial charge is 0.338 e. The molecule has 1 saturated heterocycles. The zero-order chi connectivity index (χ0) is 16.5. The fraction of sp³-hybridized carbons (Fsp3) is 0.278. The Bertz CT molecular complexity index is 880. The molecule has 1 aliphatic rings. The number of benzene rings is 1. The number of hydrogen-bond donors (Lipinski definition) is 2. The molecule has 2 N–H and O–H groups in total. The van der Waals surface area contributed by atoms with E-state index in [0.29, 0.717) is 17.0 Å². The Labute approximate surface area is 139 Å². The van der Waals surface area contributed by atoms with E-state index in [0.717, 1.165) is 18.7 Å². The monoisotopic (exact) mass is 322 g/mol. The summed E-state index contributed by atoms with van der Waals surface area (Å²) in [4.78, 5) is 25.4. The molecule has 2 aromatic heterocycles. The minimum Gasteiger partial charge on any atom is -0.478 e. The Kier molecular flexibility index (Phi) is 3.65. The summed E-state index contributed by atoms with van der Waals surface area (Å²) in [5.74, 6) is -0.352. The van der Waals surface area contributed by atoms with Crippen LogP contribution in [0.1, 0.15) is 29.6 Å². The number of imidazole rings is 1. The molecule has 3 aromatic rings.